The third-order valence-corrected chi connectivity index (χ3v) is 4.34. The summed E-state index contributed by atoms with van der Waals surface area (Å²) in [5.41, 5.74) is -0.588. The molecule has 1 fully saturated rings. The van der Waals surface area contributed by atoms with Crippen molar-refractivity contribution in [2.75, 3.05) is 19.6 Å². The van der Waals surface area contributed by atoms with Crippen molar-refractivity contribution >= 4 is 22.7 Å². The van der Waals surface area contributed by atoms with Gasteiger partial charge in [0.25, 0.3) is 5.91 Å². The molecule has 0 aliphatic carbocycles. The molecule has 2 aromatic rings. The van der Waals surface area contributed by atoms with Gasteiger partial charge in [-0.25, -0.2) is 4.39 Å². The van der Waals surface area contributed by atoms with E-state index in [1.165, 1.54) is 16.8 Å². The number of carbonyl (C=O) groups excluding carboxylic acids is 2. The Kier molecular flexibility index (Phi) is 4.78. The Labute approximate surface area is 143 Å². The van der Waals surface area contributed by atoms with Gasteiger partial charge in [-0.3, -0.25) is 19.1 Å². The Hall–Kier alpha value is -2.77. The number of nitrogens with zero attached hydrogens (tertiary/aromatic N) is 3. The number of benzene rings is 1. The Balaban J connectivity index is 1.79. The SMILES string of the molecule is Cn1nc(C(=O)NCC(=O)N2CCCCC2)c(=O)c2cc(F)ccc21. The summed E-state index contributed by atoms with van der Waals surface area (Å²) in [7, 11) is 1.56. The standard InChI is InChI=1S/C17H19FN4O3/c1-21-13-6-5-11(18)9-12(13)16(24)15(20-21)17(25)19-10-14(23)22-7-3-2-4-8-22/h5-6,9H,2-4,7-8,10H2,1H3,(H,19,25). The van der Waals surface area contributed by atoms with E-state index in [1.54, 1.807) is 11.9 Å². The van der Waals surface area contributed by atoms with Gasteiger partial charge in [0.1, 0.15) is 5.82 Å². The Morgan fingerprint density at radius 1 is 1.24 bits per heavy atom. The molecule has 8 heteroatoms. The molecule has 2 amide bonds. The van der Waals surface area contributed by atoms with E-state index in [0.717, 1.165) is 25.3 Å². The van der Waals surface area contributed by atoms with Crippen LogP contribution in [0.3, 0.4) is 0 Å². The summed E-state index contributed by atoms with van der Waals surface area (Å²) in [6.07, 6.45) is 3.01. The average Bonchev–Trinajstić information content (AvgIpc) is 2.63. The van der Waals surface area contributed by atoms with Gasteiger partial charge in [0.05, 0.1) is 17.4 Å². The zero-order valence-electron chi connectivity index (χ0n) is 13.9. The van der Waals surface area contributed by atoms with E-state index in [2.05, 4.69) is 10.4 Å². The van der Waals surface area contributed by atoms with E-state index in [4.69, 9.17) is 0 Å². The quantitative estimate of drug-likeness (QED) is 0.892. The van der Waals surface area contributed by atoms with Crippen molar-refractivity contribution in [3.63, 3.8) is 0 Å². The van der Waals surface area contributed by atoms with Crippen LogP contribution >= 0.6 is 0 Å². The molecule has 7 nitrogen and oxygen atoms in total. The molecule has 132 valence electrons. The molecular weight excluding hydrogens is 327 g/mol. The number of rotatable bonds is 3. The van der Waals surface area contributed by atoms with E-state index in [1.807, 2.05) is 0 Å². The molecule has 1 aliphatic rings. The summed E-state index contributed by atoms with van der Waals surface area (Å²) >= 11 is 0. The lowest BCUT2D eigenvalue weighted by Gasteiger charge is -2.26. The largest absolute Gasteiger partial charge is 0.341 e. The van der Waals surface area contributed by atoms with Crippen LogP contribution in [0.25, 0.3) is 10.9 Å². The number of piperidine rings is 1. The summed E-state index contributed by atoms with van der Waals surface area (Å²) in [6, 6.07) is 3.73. The van der Waals surface area contributed by atoms with Crippen LogP contribution in [0.15, 0.2) is 23.0 Å². The number of aromatic nitrogens is 2. The van der Waals surface area contributed by atoms with Gasteiger partial charge in [-0.15, -0.1) is 0 Å². The van der Waals surface area contributed by atoms with Crippen LogP contribution < -0.4 is 10.7 Å². The number of halogens is 1. The Bertz CT molecular complexity index is 887. The van der Waals surface area contributed by atoms with Crippen molar-refractivity contribution in [2.24, 2.45) is 7.05 Å². The van der Waals surface area contributed by atoms with Gasteiger partial charge in [0.15, 0.2) is 5.69 Å². The van der Waals surface area contributed by atoms with Gasteiger partial charge in [-0.2, -0.15) is 5.10 Å². The van der Waals surface area contributed by atoms with E-state index in [-0.39, 0.29) is 23.5 Å². The van der Waals surface area contributed by atoms with Gasteiger partial charge >= 0.3 is 0 Å². The molecule has 1 aromatic heterocycles. The minimum atomic E-state index is -0.739. The van der Waals surface area contributed by atoms with Crippen molar-refractivity contribution in [3.05, 3.63) is 39.9 Å². The average molecular weight is 346 g/mol. The van der Waals surface area contributed by atoms with Crippen molar-refractivity contribution in [1.82, 2.24) is 20.0 Å². The molecule has 0 spiro atoms. The zero-order valence-corrected chi connectivity index (χ0v) is 13.9. The predicted molar refractivity (Wildman–Crippen MR) is 89.7 cm³/mol. The first-order valence-electron chi connectivity index (χ1n) is 8.20. The van der Waals surface area contributed by atoms with E-state index < -0.39 is 17.2 Å². The van der Waals surface area contributed by atoms with E-state index in [0.29, 0.717) is 18.6 Å². The number of hydrogen-bond donors (Lipinski definition) is 1. The Morgan fingerprint density at radius 2 is 1.96 bits per heavy atom. The van der Waals surface area contributed by atoms with Crippen molar-refractivity contribution in [2.45, 2.75) is 19.3 Å². The molecule has 3 rings (SSSR count). The summed E-state index contributed by atoms with van der Waals surface area (Å²) < 4.78 is 14.8. The number of nitrogens with one attached hydrogen (secondary N) is 1. The lowest BCUT2D eigenvalue weighted by molar-refractivity contribution is -0.130. The van der Waals surface area contributed by atoms with Crippen LogP contribution in [0.4, 0.5) is 4.39 Å². The smallest absolute Gasteiger partial charge is 0.276 e. The summed E-state index contributed by atoms with van der Waals surface area (Å²) in [5, 5.41) is 6.48. The zero-order chi connectivity index (χ0) is 18.0. The summed E-state index contributed by atoms with van der Waals surface area (Å²) in [4.78, 5) is 38.5. The molecule has 1 aromatic carbocycles. The molecule has 25 heavy (non-hydrogen) atoms. The van der Waals surface area contributed by atoms with Gasteiger partial charge in [-0.1, -0.05) is 0 Å². The number of amides is 2. The number of carbonyl (C=O) groups is 2. The fourth-order valence-electron chi connectivity index (χ4n) is 2.99. The van der Waals surface area contributed by atoms with Crippen molar-refractivity contribution < 1.29 is 14.0 Å². The maximum absolute atomic E-state index is 13.4. The molecule has 0 bridgehead atoms. The maximum atomic E-state index is 13.4. The van der Waals surface area contributed by atoms with Gasteiger partial charge in [-0.05, 0) is 37.5 Å². The molecule has 1 aliphatic heterocycles. The molecule has 0 unspecified atom stereocenters. The second-order valence-corrected chi connectivity index (χ2v) is 6.09. The number of likely N-dealkylation sites (tertiary alicyclic amines) is 1. The topological polar surface area (TPSA) is 84.3 Å². The summed E-state index contributed by atoms with van der Waals surface area (Å²) in [6.45, 7) is 1.18. The van der Waals surface area contributed by atoms with Crippen LogP contribution in [-0.4, -0.2) is 46.1 Å². The minimum Gasteiger partial charge on any atom is -0.341 e. The molecule has 0 atom stereocenters. The Morgan fingerprint density at radius 3 is 2.68 bits per heavy atom. The summed E-state index contributed by atoms with van der Waals surface area (Å²) in [5.74, 6) is -1.49. The fourth-order valence-corrected chi connectivity index (χ4v) is 2.99. The third kappa shape index (κ3) is 3.52. The van der Waals surface area contributed by atoms with E-state index in [9.17, 15) is 18.8 Å². The van der Waals surface area contributed by atoms with Crippen LogP contribution in [0, 0.1) is 5.82 Å². The first kappa shape index (κ1) is 17.1. The second kappa shape index (κ2) is 7.00. The fraction of sp³-hybridized carbons (Fsp3) is 0.412. The monoisotopic (exact) mass is 346 g/mol. The first-order valence-corrected chi connectivity index (χ1v) is 8.20. The van der Waals surface area contributed by atoms with Crippen LogP contribution in [-0.2, 0) is 11.8 Å². The lowest BCUT2D eigenvalue weighted by Crippen LogP contribution is -2.43. The van der Waals surface area contributed by atoms with Gasteiger partial charge in [0.2, 0.25) is 11.3 Å². The van der Waals surface area contributed by atoms with Crippen LogP contribution in [0.2, 0.25) is 0 Å². The minimum absolute atomic E-state index is 0.0741. The predicted octanol–water partition coefficient (Wildman–Crippen LogP) is 0.815. The number of fused-ring (bicyclic) bond motifs is 1. The van der Waals surface area contributed by atoms with Crippen LogP contribution in [0.1, 0.15) is 29.8 Å². The third-order valence-electron chi connectivity index (χ3n) is 4.34. The van der Waals surface area contributed by atoms with Crippen LogP contribution in [0.5, 0.6) is 0 Å². The molecule has 0 radical (unpaired) electrons. The van der Waals surface area contributed by atoms with Crippen molar-refractivity contribution in [1.29, 1.82) is 0 Å². The second-order valence-electron chi connectivity index (χ2n) is 6.09. The molecular formula is C17H19FN4O3. The van der Waals surface area contributed by atoms with Gasteiger partial charge in [0, 0.05) is 20.1 Å². The normalized spacial score (nSPS) is 14.6. The molecule has 2 heterocycles. The lowest BCUT2D eigenvalue weighted by atomic mass is 10.1. The highest BCUT2D eigenvalue weighted by atomic mass is 19.1. The first-order chi connectivity index (χ1) is 12.0. The maximum Gasteiger partial charge on any atom is 0.276 e. The number of hydrogen-bond acceptors (Lipinski definition) is 4. The van der Waals surface area contributed by atoms with E-state index >= 15 is 0 Å². The highest BCUT2D eigenvalue weighted by Crippen LogP contribution is 2.11. The molecule has 1 saturated heterocycles. The van der Waals surface area contributed by atoms with Crippen molar-refractivity contribution in [3.8, 4) is 0 Å². The molecule has 0 saturated carbocycles. The molecule has 1 N–H and O–H groups in total. The van der Waals surface area contributed by atoms with Gasteiger partial charge < -0.3 is 10.2 Å². The number of aryl methyl sites for hydroxylation is 1. The highest BCUT2D eigenvalue weighted by Gasteiger charge is 2.20. The highest BCUT2D eigenvalue weighted by molar-refractivity contribution is 5.97.